The Kier molecular flexibility index (Phi) is 5.59. The van der Waals surface area contributed by atoms with Crippen LogP contribution in [0.25, 0.3) is 0 Å². The first-order valence-electron chi connectivity index (χ1n) is 8.34. The van der Waals surface area contributed by atoms with Crippen LogP contribution in [-0.2, 0) is 6.42 Å². The van der Waals surface area contributed by atoms with Gasteiger partial charge in [-0.3, -0.25) is 4.98 Å². The predicted molar refractivity (Wildman–Crippen MR) is 85.7 cm³/mol. The second kappa shape index (κ2) is 7.21. The van der Waals surface area contributed by atoms with Crippen LogP contribution in [0.1, 0.15) is 64.3 Å². The van der Waals surface area contributed by atoms with Crippen LogP contribution in [0, 0.1) is 17.8 Å². The van der Waals surface area contributed by atoms with Crippen molar-refractivity contribution in [3.63, 3.8) is 0 Å². The van der Waals surface area contributed by atoms with Crippen LogP contribution in [0.5, 0.6) is 0 Å². The van der Waals surface area contributed by atoms with Gasteiger partial charge in [0, 0.05) is 6.20 Å². The second-order valence-electron chi connectivity index (χ2n) is 6.46. The summed E-state index contributed by atoms with van der Waals surface area (Å²) >= 11 is 0. The Balaban J connectivity index is 2.22. The number of hydrogen-bond donors (Lipinski definition) is 1. The standard InChI is InChI=1S/C18H30N2/c1-5-15-8-7-11-20-17(15)18(19-6-2)16-10-9-13(3)14(4)12-16/h7-8,11,13-14,16,18-19H,5-6,9-10,12H2,1-4H3. The van der Waals surface area contributed by atoms with E-state index in [-0.39, 0.29) is 0 Å². The molecule has 2 rings (SSSR count). The van der Waals surface area contributed by atoms with Crippen molar-refractivity contribution in [2.45, 2.75) is 59.4 Å². The number of hydrogen-bond acceptors (Lipinski definition) is 2. The molecular formula is C18H30N2. The Labute approximate surface area is 124 Å². The van der Waals surface area contributed by atoms with Gasteiger partial charge >= 0.3 is 0 Å². The van der Waals surface area contributed by atoms with E-state index in [1.54, 1.807) is 0 Å². The molecule has 20 heavy (non-hydrogen) atoms. The minimum Gasteiger partial charge on any atom is -0.309 e. The van der Waals surface area contributed by atoms with E-state index in [0.29, 0.717) is 6.04 Å². The summed E-state index contributed by atoms with van der Waals surface area (Å²) in [5.41, 5.74) is 2.70. The number of aromatic nitrogens is 1. The highest BCUT2D eigenvalue weighted by Crippen LogP contribution is 2.40. The van der Waals surface area contributed by atoms with Crippen LogP contribution in [-0.4, -0.2) is 11.5 Å². The van der Waals surface area contributed by atoms with Crippen molar-refractivity contribution in [3.8, 4) is 0 Å². The van der Waals surface area contributed by atoms with Crippen molar-refractivity contribution in [1.82, 2.24) is 10.3 Å². The SMILES string of the molecule is CCNC(c1ncccc1CC)C1CCC(C)C(C)C1. The molecule has 0 saturated heterocycles. The van der Waals surface area contributed by atoms with Crippen molar-refractivity contribution in [3.05, 3.63) is 29.6 Å². The van der Waals surface area contributed by atoms with Crippen molar-refractivity contribution in [2.24, 2.45) is 17.8 Å². The van der Waals surface area contributed by atoms with Gasteiger partial charge in [-0.05, 0) is 55.2 Å². The zero-order valence-corrected chi connectivity index (χ0v) is 13.5. The van der Waals surface area contributed by atoms with Crippen molar-refractivity contribution >= 4 is 0 Å². The first-order valence-corrected chi connectivity index (χ1v) is 8.34. The van der Waals surface area contributed by atoms with E-state index in [9.17, 15) is 0 Å². The molecule has 112 valence electrons. The van der Waals surface area contributed by atoms with Crippen molar-refractivity contribution in [1.29, 1.82) is 0 Å². The molecule has 1 fully saturated rings. The lowest BCUT2D eigenvalue weighted by molar-refractivity contribution is 0.170. The van der Waals surface area contributed by atoms with Gasteiger partial charge in [0.15, 0.2) is 0 Å². The van der Waals surface area contributed by atoms with Crippen LogP contribution in [0.2, 0.25) is 0 Å². The van der Waals surface area contributed by atoms with E-state index in [2.05, 4.69) is 45.1 Å². The fraction of sp³-hybridized carbons (Fsp3) is 0.722. The maximum Gasteiger partial charge on any atom is 0.0607 e. The minimum absolute atomic E-state index is 0.436. The normalized spacial score (nSPS) is 28.3. The van der Waals surface area contributed by atoms with Gasteiger partial charge in [-0.15, -0.1) is 0 Å². The first-order chi connectivity index (χ1) is 9.67. The summed E-state index contributed by atoms with van der Waals surface area (Å²) in [6.07, 6.45) is 7.06. The number of rotatable bonds is 5. The molecule has 2 nitrogen and oxygen atoms in total. The van der Waals surface area contributed by atoms with Crippen LogP contribution < -0.4 is 5.32 Å². The molecule has 0 radical (unpaired) electrons. The lowest BCUT2D eigenvalue weighted by Crippen LogP contribution is -2.34. The molecule has 1 heterocycles. The highest BCUT2D eigenvalue weighted by atomic mass is 14.9. The lowest BCUT2D eigenvalue weighted by Gasteiger charge is -2.37. The Morgan fingerprint density at radius 3 is 2.70 bits per heavy atom. The highest BCUT2D eigenvalue weighted by molar-refractivity contribution is 5.23. The molecule has 0 aliphatic heterocycles. The predicted octanol–water partition coefficient (Wildman–Crippen LogP) is 4.37. The van der Waals surface area contributed by atoms with Gasteiger partial charge < -0.3 is 5.32 Å². The molecule has 0 amide bonds. The van der Waals surface area contributed by atoms with Gasteiger partial charge in [-0.1, -0.05) is 40.2 Å². The summed E-state index contributed by atoms with van der Waals surface area (Å²) < 4.78 is 0. The molecule has 0 bridgehead atoms. The van der Waals surface area contributed by atoms with Gasteiger partial charge in [0.25, 0.3) is 0 Å². The zero-order chi connectivity index (χ0) is 14.5. The molecule has 1 saturated carbocycles. The fourth-order valence-electron chi connectivity index (χ4n) is 3.63. The topological polar surface area (TPSA) is 24.9 Å². The fourth-order valence-corrected chi connectivity index (χ4v) is 3.63. The molecule has 0 spiro atoms. The van der Waals surface area contributed by atoms with Crippen molar-refractivity contribution < 1.29 is 0 Å². The van der Waals surface area contributed by atoms with Gasteiger partial charge in [0.1, 0.15) is 0 Å². The zero-order valence-electron chi connectivity index (χ0n) is 13.5. The molecule has 4 atom stereocenters. The smallest absolute Gasteiger partial charge is 0.0607 e. The van der Waals surface area contributed by atoms with E-state index < -0.39 is 0 Å². The molecular weight excluding hydrogens is 244 g/mol. The maximum absolute atomic E-state index is 4.73. The van der Waals surface area contributed by atoms with Crippen LogP contribution in [0.15, 0.2) is 18.3 Å². The van der Waals surface area contributed by atoms with Gasteiger partial charge in [-0.25, -0.2) is 0 Å². The molecule has 1 aromatic heterocycles. The van der Waals surface area contributed by atoms with E-state index in [1.165, 1.54) is 30.5 Å². The van der Waals surface area contributed by atoms with Crippen LogP contribution in [0.3, 0.4) is 0 Å². The molecule has 1 aliphatic rings. The summed E-state index contributed by atoms with van der Waals surface area (Å²) in [5, 5.41) is 3.72. The second-order valence-corrected chi connectivity index (χ2v) is 6.46. The van der Waals surface area contributed by atoms with E-state index in [1.807, 2.05) is 6.20 Å². The minimum atomic E-state index is 0.436. The largest absolute Gasteiger partial charge is 0.309 e. The number of nitrogens with one attached hydrogen (secondary N) is 1. The maximum atomic E-state index is 4.73. The Morgan fingerprint density at radius 1 is 1.25 bits per heavy atom. The molecule has 0 aromatic carbocycles. The molecule has 1 aromatic rings. The summed E-state index contributed by atoms with van der Waals surface area (Å²) in [6.45, 7) is 10.3. The van der Waals surface area contributed by atoms with Crippen molar-refractivity contribution in [2.75, 3.05) is 6.54 Å². The summed E-state index contributed by atoms with van der Waals surface area (Å²) in [6, 6.07) is 4.74. The van der Waals surface area contributed by atoms with Crippen LogP contribution in [0.4, 0.5) is 0 Å². The third-order valence-corrected chi connectivity index (χ3v) is 5.14. The quantitative estimate of drug-likeness (QED) is 0.862. The number of aryl methyl sites for hydroxylation is 1. The summed E-state index contributed by atoms with van der Waals surface area (Å²) in [5.74, 6) is 2.45. The Morgan fingerprint density at radius 2 is 2.05 bits per heavy atom. The van der Waals surface area contributed by atoms with Gasteiger partial charge in [0.2, 0.25) is 0 Å². The summed E-state index contributed by atoms with van der Waals surface area (Å²) in [7, 11) is 0. The number of pyridine rings is 1. The molecule has 2 heteroatoms. The van der Waals surface area contributed by atoms with E-state index in [0.717, 1.165) is 30.7 Å². The molecule has 1 aliphatic carbocycles. The lowest BCUT2D eigenvalue weighted by atomic mass is 9.72. The first kappa shape index (κ1) is 15.5. The third-order valence-electron chi connectivity index (χ3n) is 5.14. The monoisotopic (exact) mass is 274 g/mol. The number of nitrogens with zero attached hydrogens (tertiary/aromatic N) is 1. The average Bonchev–Trinajstić information content (AvgIpc) is 2.48. The van der Waals surface area contributed by atoms with E-state index in [4.69, 9.17) is 4.98 Å². The van der Waals surface area contributed by atoms with E-state index >= 15 is 0 Å². The van der Waals surface area contributed by atoms with Gasteiger partial charge in [-0.2, -0.15) is 0 Å². The average molecular weight is 274 g/mol. The Bertz CT molecular complexity index is 416. The van der Waals surface area contributed by atoms with Crippen LogP contribution >= 0.6 is 0 Å². The molecule has 1 N–H and O–H groups in total. The highest BCUT2D eigenvalue weighted by Gasteiger charge is 2.32. The van der Waals surface area contributed by atoms with Gasteiger partial charge in [0.05, 0.1) is 11.7 Å². The third kappa shape index (κ3) is 3.41. The Hall–Kier alpha value is -0.890. The summed E-state index contributed by atoms with van der Waals surface area (Å²) in [4.78, 5) is 4.73. The molecule has 4 unspecified atom stereocenters.